The Labute approximate surface area is 167 Å². The Bertz CT molecular complexity index is 804. The van der Waals surface area contributed by atoms with E-state index in [2.05, 4.69) is 21.1 Å². The molecule has 0 aromatic heterocycles. The van der Waals surface area contributed by atoms with Gasteiger partial charge in [0, 0.05) is 0 Å². The molecule has 3 aromatic carbocycles. The van der Waals surface area contributed by atoms with E-state index in [0.29, 0.717) is 37.6 Å². The Hall–Kier alpha value is -2.73. The normalized spacial score (nSPS) is 9.92. The van der Waals surface area contributed by atoms with Crippen molar-refractivity contribution in [2.24, 2.45) is 10.2 Å². The third kappa shape index (κ3) is 7.89. The van der Waals surface area contributed by atoms with Crippen molar-refractivity contribution in [3.63, 3.8) is 0 Å². The number of para-hydroxylation sites is 1. The molecule has 0 saturated heterocycles. The minimum atomic E-state index is -0.553. The van der Waals surface area contributed by atoms with Crippen LogP contribution in [0.5, 0.6) is 5.75 Å². The first-order valence-corrected chi connectivity index (χ1v) is 10.6. The Kier molecular flexibility index (Phi) is 8.28. The summed E-state index contributed by atoms with van der Waals surface area (Å²) < 4.78 is 1.36. The van der Waals surface area contributed by atoms with Crippen LogP contribution in [0.2, 0.25) is 0 Å². The van der Waals surface area contributed by atoms with Gasteiger partial charge in [0.05, 0.1) is 11.4 Å². The van der Waals surface area contributed by atoms with E-state index in [4.69, 9.17) is 5.11 Å². The quantitative estimate of drug-likeness (QED) is 0.269. The number of hydrogen-bond donors (Lipinski definition) is 3. The molecule has 0 heterocycles. The monoisotopic (exact) mass is 535 g/mol. The third-order valence-electron chi connectivity index (χ3n) is 3.04. The summed E-state index contributed by atoms with van der Waals surface area (Å²) in [5.41, 5.74) is 6.56. The second kappa shape index (κ2) is 11.0. The van der Waals surface area contributed by atoms with E-state index in [1.165, 1.54) is 3.07 Å². The SMILES string of the molecule is O=C(N=Nc1ccccc1)NNc1ccccc1.Oc1cc[c]([Hg])cc1. The van der Waals surface area contributed by atoms with E-state index in [1.54, 1.807) is 24.3 Å². The van der Waals surface area contributed by atoms with Gasteiger partial charge in [-0.25, -0.2) is 10.2 Å². The number of nitrogens with zero attached hydrogens (tertiary/aromatic N) is 2. The molecule has 127 valence electrons. The number of anilines is 1. The van der Waals surface area contributed by atoms with Crippen LogP contribution >= 0.6 is 0 Å². The second-order valence-electron chi connectivity index (χ2n) is 5.12. The number of hydrazine groups is 1. The number of rotatable bonds is 3. The maximum atomic E-state index is 11.4. The minimum absolute atomic E-state index is 0.360. The fourth-order valence-electron chi connectivity index (χ4n) is 1.77. The van der Waals surface area contributed by atoms with Crippen LogP contribution in [0.15, 0.2) is 95.2 Å². The number of carbonyl (C=O) groups is 1. The number of azo groups is 1. The van der Waals surface area contributed by atoms with Crippen molar-refractivity contribution < 1.29 is 36.0 Å². The number of phenols is 1. The average Bonchev–Trinajstić information content (AvgIpc) is 2.69. The standard InChI is InChI=1S/C13H12N4O.C6H5O.Hg/c18-13(16-14-11-7-3-1-4-8-11)17-15-12-9-5-2-6-10-12;7-6-4-2-1-3-5-6;/h1-10,14H,(H,16,18);2-5,7H;. The van der Waals surface area contributed by atoms with Crippen molar-refractivity contribution in [2.75, 3.05) is 5.43 Å². The van der Waals surface area contributed by atoms with Crippen LogP contribution in [-0.4, -0.2) is 11.1 Å². The zero-order valence-electron chi connectivity index (χ0n) is 14.0. The molecule has 26 heavy (non-hydrogen) atoms. The number of amides is 2. The molecular weight excluding hydrogens is 517 g/mol. The molecule has 0 atom stereocenters. The Balaban J connectivity index is 0.000000254. The molecule has 0 saturated carbocycles. The van der Waals surface area contributed by atoms with Crippen LogP contribution in [0.3, 0.4) is 0 Å². The summed E-state index contributed by atoms with van der Waals surface area (Å²) in [4.78, 5) is 11.4. The van der Waals surface area contributed by atoms with E-state index in [0.717, 1.165) is 5.69 Å². The number of benzene rings is 3. The van der Waals surface area contributed by atoms with Crippen LogP contribution in [-0.2, 0) is 26.1 Å². The first-order chi connectivity index (χ1) is 12.6. The van der Waals surface area contributed by atoms with Gasteiger partial charge >= 0.3 is 70.3 Å². The molecule has 0 spiro atoms. The van der Waals surface area contributed by atoms with Crippen LogP contribution in [0.1, 0.15) is 0 Å². The number of hydrogen-bond acceptors (Lipinski definition) is 4. The molecule has 0 fully saturated rings. The topological polar surface area (TPSA) is 86.1 Å². The molecule has 0 bridgehead atoms. The Morgan fingerprint density at radius 2 is 1.42 bits per heavy atom. The second-order valence-corrected chi connectivity index (χ2v) is 8.30. The molecule has 0 aliphatic rings. The van der Waals surface area contributed by atoms with Crippen molar-refractivity contribution in [3.8, 4) is 5.75 Å². The third-order valence-corrected chi connectivity index (χ3v) is 4.87. The summed E-state index contributed by atoms with van der Waals surface area (Å²) in [6.45, 7) is 0. The first kappa shape index (κ1) is 19.6. The zero-order valence-corrected chi connectivity index (χ0v) is 19.5. The molecular formula is C19H17HgN4O2. The van der Waals surface area contributed by atoms with Gasteiger partial charge in [-0.1, -0.05) is 41.5 Å². The van der Waals surface area contributed by atoms with Crippen molar-refractivity contribution in [3.05, 3.63) is 84.9 Å². The number of urea groups is 1. The molecule has 0 unspecified atom stereocenters. The van der Waals surface area contributed by atoms with Gasteiger partial charge in [-0.2, -0.15) is 0 Å². The van der Waals surface area contributed by atoms with Gasteiger partial charge < -0.3 is 0 Å². The molecule has 3 aromatic rings. The first-order valence-electron chi connectivity index (χ1n) is 7.82. The van der Waals surface area contributed by atoms with E-state index in [9.17, 15) is 4.79 Å². The van der Waals surface area contributed by atoms with Crippen molar-refractivity contribution >= 4 is 20.5 Å². The maximum absolute atomic E-state index is 11.4. The van der Waals surface area contributed by atoms with Gasteiger partial charge in [-0.15, -0.1) is 5.11 Å². The number of aromatic hydroxyl groups is 1. The molecule has 3 N–H and O–H groups in total. The van der Waals surface area contributed by atoms with Gasteiger partial charge in [0.25, 0.3) is 0 Å². The summed E-state index contributed by atoms with van der Waals surface area (Å²) in [5.74, 6) is 0.360. The summed E-state index contributed by atoms with van der Waals surface area (Å²) in [7, 11) is 0. The summed E-state index contributed by atoms with van der Waals surface area (Å²) >= 11 is 0.691. The zero-order chi connectivity index (χ0) is 18.6. The van der Waals surface area contributed by atoms with E-state index >= 15 is 0 Å². The van der Waals surface area contributed by atoms with Gasteiger partial charge in [0.2, 0.25) is 0 Å². The van der Waals surface area contributed by atoms with Crippen LogP contribution in [0, 0.1) is 0 Å². The van der Waals surface area contributed by atoms with Crippen LogP contribution < -0.4 is 13.9 Å². The Morgan fingerprint density at radius 3 is 2.00 bits per heavy atom. The molecule has 6 nitrogen and oxygen atoms in total. The molecule has 7 heteroatoms. The van der Waals surface area contributed by atoms with Crippen LogP contribution in [0.25, 0.3) is 0 Å². The van der Waals surface area contributed by atoms with Crippen molar-refractivity contribution in [2.45, 2.75) is 0 Å². The summed E-state index contributed by atoms with van der Waals surface area (Å²) in [5, 5.41) is 16.1. The molecule has 0 radical (unpaired) electrons. The predicted molar refractivity (Wildman–Crippen MR) is 97.3 cm³/mol. The van der Waals surface area contributed by atoms with Gasteiger partial charge in [0.1, 0.15) is 0 Å². The fourth-order valence-corrected chi connectivity index (χ4v) is 2.68. The summed E-state index contributed by atoms with van der Waals surface area (Å²) in [6.07, 6.45) is 0. The number of phenolic OH excluding ortho intramolecular Hbond substituents is 1. The van der Waals surface area contributed by atoms with Gasteiger partial charge in [-0.3, -0.25) is 5.43 Å². The van der Waals surface area contributed by atoms with Crippen LogP contribution in [0.4, 0.5) is 16.2 Å². The van der Waals surface area contributed by atoms with Crippen molar-refractivity contribution in [1.29, 1.82) is 0 Å². The van der Waals surface area contributed by atoms with Gasteiger partial charge in [-0.05, 0) is 24.3 Å². The van der Waals surface area contributed by atoms with Gasteiger partial charge in [0.15, 0.2) is 0 Å². The number of nitrogens with one attached hydrogen (secondary N) is 2. The Morgan fingerprint density at radius 1 is 0.846 bits per heavy atom. The number of carbonyl (C=O) groups excluding carboxylic acids is 1. The predicted octanol–water partition coefficient (Wildman–Crippen LogP) is 4.07. The fraction of sp³-hybridized carbons (Fsp3) is 0. The van der Waals surface area contributed by atoms with E-state index in [1.807, 2.05) is 60.7 Å². The van der Waals surface area contributed by atoms with Crippen molar-refractivity contribution in [1.82, 2.24) is 5.43 Å². The summed E-state index contributed by atoms with van der Waals surface area (Å²) in [6, 6.07) is 25.1. The molecule has 0 aliphatic heterocycles. The van der Waals surface area contributed by atoms with E-state index < -0.39 is 6.03 Å². The molecule has 0 aliphatic carbocycles. The molecule has 3 rings (SSSR count). The molecule has 2 amide bonds. The average molecular weight is 534 g/mol. The van der Waals surface area contributed by atoms with E-state index in [-0.39, 0.29) is 0 Å².